The number of aromatic nitrogens is 2. The number of carbonyl (C=O) groups is 1. The van der Waals surface area contributed by atoms with E-state index in [0.29, 0.717) is 31.7 Å². The Kier molecular flexibility index (Phi) is 5.85. The van der Waals surface area contributed by atoms with Gasteiger partial charge in [-0.2, -0.15) is 0 Å². The molecule has 0 aliphatic carbocycles. The number of hydrogen-bond donors (Lipinski definition) is 2. The summed E-state index contributed by atoms with van der Waals surface area (Å²) < 4.78 is 5.81. The molecule has 0 radical (unpaired) electrons. The van der Waals surface area contributed by atoms with Crippen molar-refractivity contribution in [1.29, 1.82) is 0 Å². The summed E-state index contributed by atoms with van der Waals surface area (Å²) in [5.41, 5.74) is 1.73. The lowest BCUT2D eigenvalue weighted by Gasteiger charge is -2.07. The van der Waals surface area contributed by atoms with Gasteiger partial charge in [-0.3, -0.25) is 0 Å². The smallest absolute Gasteiger partial charge is 0.335 e. The van der Waals surface area contributed by atoms with E-state index in [9.17, 15) is 4.79 Å². The van der Waals surface area contributed by atoms with E-state index >= 15 is 0 Å². The van der Waals surface area contributed by atoms with Gasteiger partial charge in [0.15, 0.2) is 0 Å². The number of rotatable bonds is 6. The lowest BCUT2D eigenvalue weighted by atomic mass is 10.2. The molecule has 0 unspecified atom stereocenters. The van der Waals surface area contributed by atoms with Gasteiger partial charge >= 0.3 is 5.97 Å². The Labute approximate surface area is 185 Å². The van der Waals surface area contributed by atoms with Crippen molar-refractivity contribution in [2.75, 3.05) is 5.32 Å². The first-order chi connectivity index (χ1) is 14.5. The Balaban J connectivity index is 1.52. The van der Waals surface area contributed by atoms with Gasteiger partial charge in [-0.1, -0.05) is 52.7 Å². The van der Waals surface area contributed by atoms with Crippen LogP contribution in [0.4, 0.5) is 10.8 Å². The van der Waals surface area contributed by atoms with Crippen molar-refractivity contribution in [3.8, 4) is 22.1 Å². The largest absolute Gasteiger partial charge is 0.478 e. The molecule has 9 heteroatoms. The number of nitrogens with zero attached hydrogens (tertiary/aromatic N) is 2. The minimum atomic E-state index is -1.01. The van der Waals surface area contributed by atoms with Crippen molar-refractivity contribution in [2.24, 2.45) is 0 Å². The maximum absolute atomic E-state index is 11.1. The van der Waals surface area contributed by atoms with Gasteiger partial charge in [0.05, 0.1) is 15.6 Å². The van der Waals surface area contributed by atoms with Crippen molar-refractivity contribution in [3.05, 3.63) is 82.3 Å². The molecule has 150 valence electrons. The van der Waals surface area contributed by atoms with E-state index < -0.39 is 5.97 Å². The molecule has 30 heavy (non-hydrogen) atoms. The Hall–Kier alpha value is -3.13. The number of aromatic carboxylic acids is 1. The van der Waals surface area contributed by atoms with Gasteiger partial charge in [-0.15, -0.1) is 10.2 Å². The molecule has 3 aromatic carbocycles. The molecule has 0 bridgehead atoms. The molecule has 4 rings (SSSR count). The maximum atomic E-state index is 11.1. The first-order valence-electron chi connectivity index (χ1n) is 8.65. The Morgan fingerprint density at radius 3 is 2.47 bits per heavy atom. The molecule has 2 N–H and O–H groups in total. The van der Waals surface area contributed by atoms with Crippen molar-refractivity contribution >= 4 is 51.3 Å². The quantitative estimate of drug-likeness (QED) is 0.333. The van der Waals surface area contributed by atoms with Gasteiger partial charge in [-0.05, 0) is 48.5 Å². The standard InChI is InChI=1S/C21H13Cl2N3O3S/c22-17-8-7-14(11-18(17)23)24-21-26-25-19(30-21)12-3-1-5-15(9-12)29-16-6-2-4-13(10-16)20(27)28/h1-11H,(H,24,26)(H,27,28). The van der Waals surface area contributed by atoms with Gasteiger partial charge in [0, 0.05) is 11.3 Å². The van der Waals surface area contributed by atoms with E-state index in [4.69, 9.17) is 33.0 Å². The highest BCUT2D eigenvalue weighted by atomic mass is 35.5. The summed E-state index contributed by atoms with van der Waals surface area (Å²) in [6.45, 7) is 0. The van der Waals surface area contributed by atoms with E-state index in [1.165, 1.54) is 23.5 Å². The molecule has 1 aromatic heterocycles. The molecular formula is C21H13Cl2N3O3S. The normalized spacial score (nSPS) is 10.6. The Morgan fingerprint density at radius 2 is 1.70 bits per heavy atom. The van der Waals surface area contributed by atoms with Crippen LogP contribution in [-0.2, 0) is 0 Å². The highest BCUT2D eigenvalue weighted by Gasteiger charge is 2.10. The average Bonchev–Trinajstić information content (AvgIpc) is 3.20. The van der Waals surface area contributed by atoms with Crippen LogP contribution in [-0.4, -0.2) is 21.3 Å². The minimum absolute atomic E-state index is 0.158. The first kappa shape index (κ1) is 20.2. The molecule has 0 aliphatic rings. The summed E-state index contributed by atoms with van der Waals surface area (Å²) in [5, 5.41) is 22.9. The number of halogens is 2. The molecule has 0 fully saturated rings. The van der Waals surface area contributed by atoms with E-state index in [0.717, 1.165) is 11.3 Å². The summed E-state index contributed by atoms with van der Waals surface area (Å²) in [4.78, 5) is 11.1. The summed E-state index contributed by atoms with van der Waals surface area (Å²) in [5.74, 6) is -0.0133. The third-order valence-corrected chi connectivity index (χ3v) is 5.62. The third kappa shape index (κ3) is 4.71. The van der Waals surface area contributed by atoms with Crippen LogP contribution in [0, 0.1) is 0 Å². The van der Waals surface area contributed by atoms with Crippen molar-refractivity contribution in [3.63, 3.8) is 0 Å². The maximum Gasteiger partial charge on any atom is 0.335 e. The fourth-order valence-corrected chi connectivity index (χ4v) is 3.67. The van der Waals surface area contributed by atoms with Crippen LogP contribution in [0.5, 0.6) is 11.5 Å². The predicted octanol–water partition coefficient (Wildman–Crippen LogP) is 6.75. The predicted molar refractivity (Wildman–Crippen MR) is 119 cm³/mol. The zero-order valence-electron chi connectivity index (χ0n) is 15.2. The molecule has 6 nitrogen and oxygen atoms in total. The summed E-state index contributed by atoms with van der Waals surface area (Å²) in [6, 6.07) is 18.9. The summed E-state index contributed by atoms with van der Waals surface area (Å²) in [6.07, 6.45) is 0. The van der Waals surface area contributed by atoms with E-state index in [1.54, 1.807) is 36.4 Å². The number of benzene rings is 3. The number of nitrogens with one attached hydrogen (secondary N) is 1. The van der Waals surface area contributed by atoms with E-state index in [-0.39, 0.29) is 5.56 Å². The van der Waals surface area contributed by atoms with Crippen molar-refractivity contribution in [2.45, 2.75) is 0 Å². The number of ether oxygens (including phenoxy) is 1. The minimum Gasteiger partial charge on any atom is -0.478 e. The van der Waals surface area contributed by atoms with Gasteiger partial charge in [0.25, 0.3) is 0 Å². The number of carboxylic acids is 1. The van der Waals surface area contributed by atoms with Crippen LogP contribution in [0.2, 0.25) is 10.0 Å². The number of carboxylic acid groups (broad SMARTS) is 1. The fraction of sp³-hybridized carbons (Fsp3) is 0. The monoisotopic (exact) mass is 457 g/mol. The lowest BCUT2D eigenvalue weighted by Crippen LogP contribution is -1.96. The summed E-state index contributed by atoms with van der Waals surface area (Å²) >= 11 is 13.3. The SMILES string of the molecule is O=C(O)c1cccc(Oc2cccc(-c3nnc(Nc4ccc(Cl)c(Cl)c4)s3)c2)c1. The van der Waals surface area contributed by atoms with Gasteiger partial charge < -0.3 is 15.2 Å². The molecule has 0 aliphatic heterocycles. The van der Waals surface area contributed by atoms with Crippen LogP contribution < -0.4 is 10.1 Å². The second kappa shape index (κ2) is 8.71. The molecule has 0 saturated heterocycles. The highest BCUT2D eigenvalue weighted by molar-refractivity contribution is 7.18. The van der Waals surface area contributed by atoms with E-state index in [2.05, 4.69) is 15.5 Å². The fourth-order valence-electron chi connectivity index (χ4n) is 2.61. The molecular weight excluding hydrogens is 445 g/mol. The Morgan fingerprint density at radius 1 is 0.933 bits per heavy atom. The van der Waals surface area contributed by atoms with Gasteiger partial charge in [0.2, 0.25) is 5.13 Å². The number of hydrogen-bond acceptors (Lipinski definition) is 6. The lowest BCUT2D eigenvalue weighted by molar-refractivity contribution is 0.0696. The molecule has 0 spiro atoms. The highest BCUT2D eigenvalue weighted by Crippen LogP contribution is 2.33. The van der Waals surface area contributed by atoms with Crippen molar-refractivity contribution in [1.82, 2.24) is 10.2 Å². The molecule has 0 atom stereocenters. The second-order valence-corrected chi connectivity index (χ2v) is 7.92. The van der Waals surface area contributed by atoms with E-state index in [1.807, 2.05) is 18.2 Å². The summed E-state index contributed by atoms with van der Waals surface area (Å²) in [7, 11) is 0. The zero-order chi connectivity index (χ0) is 21.1. The molecule has 0 saturated carbocycles. The average molecular weight is 458 g/mol. The first-order valence-corrected chi connectivity index (χ1v) is 10.2. The van der Waals surface area contributed by atoms with Crippen LogP contribution in [0.25, 0.3) is 10.6 Å². The van der Waals surface area contributed by atoms with Gasteiger partial charge in [0.1, 0.15) is 16.5 Å². The number of anilines is 2. The second-order valence-electron chi connectivity index (χ2n) is 6.13. The molecule has 4 aromatic rings. The van der Waals surface area contributed by atoms with Crippen LogP contribution in [0.3, 0.4) is 0 Å². The van der Waals surface area contributed by atoms with Crippen LogP contribution >= 0.6 is 34.5 Å². The topological polar surface area (TPSA) is 84.3 Å². The van der Waals surface area contributed by atoms with Crippen LogP contribution in [0.1, 0.15) is 10.4 Å². The van der Waals surface area contributed by atoms with Crippen LogP contribution in [0.15, 0.2) is 66.7 Å². The molecule has 0 amide bonds. The Bertz CT molecular complexity index is 1230. The third-order valence-electron chi connectivity index (χ3n) is 3.99. The van der Waals surface area contributed by atoms with Gasteiger partial charge in [-0.25, -0.2) is 4.79 Å². The van der Waals surface area contributed by atoms with Crippen molar-refractivity contribution < 1.29 is 14.6 Å². The zero-order valence-corrected chi connectivity index (χ0v) is 17.5. The molecule has 1 heterocycles.